The highest BCUT2D eigenvalue weighted by molar-refractivity contribution is 5.74. The number of guanidine groups is 1. The number of hydrogen-bond acceptors (Lipinski definition) is 1. The molecule has 15 heavy (non-hydrogen) atoms. The minimum Gasteiger partial charge on any atom is -0.370 e. The number of piperidine rings is 1. The fourth-order valence-corrected chi connectivity index (χ4v) is 2.18. The van der Waals surface area contributed by atoms with E-state index < -0.39 is 0 Å². The molecule has 0 amide bonds. The highest BCUT2D eigenvalue weighted by Crippen LogP contribution is 2.27. The monoisotopic (exact) mass is 203 g/mol. The van der Waals surface area contributed by atoms with Crippen molar-refractivity contribution in [3.8, 4) is 0 Å². The Morgan fingerprint density at radius 1 is 1.20 bits per heavy atom. The van der Waals surface area contributed by atoms with E-state index in [1.165, 1.54) is 5.56 Å². The van der Waals surface area contributed by atoms with Crippen molar-refractivity contribution in [1.82, 2.24) is 4.90 Å². The van der Waals surface area contributed by atoms with E-state index in [0.29, 0.717) is 5.92 Å². The normalized spacial score (nSPS) is 17.7. The van der Waals surface area contributed by atoms with Crippen LogP contribution in [-0.2, 0) is 0 Å². The summed E-state index contributed by atoms with van der Waals surface area (Å²) in [5, 5.41) is 7.36. The summed E-state index contributed by atoms with van der Waals surface area (Å²) in [6.45, 7) is 1.82. The highest BCUT2D eigenvalue weighted by atomic mass is 15.2. The molecular formula is C12H17N3. The summed E-state index contributed by atoms with van der Waals surface area (Å²) in [5.74, 6) is 0.850. The number of rotatable bonds is 1. The molecule has 3 heteroatoms. The molecule has 1 aliphatic rings. The standard InChI is InChI=1S/C12H17N3/c13-12(14)15-8-6-11(7-9-15)10-4-2-1-3-5-10/h1-5,11H,6-9H2,(H3,13,14). The van der Waals surface area contributed by atoms with Crippen LogP contribution in [0.2, 0.25) is 0 Å². The van der Waals surface area contributed by atoms with E-state index >= 15 is 0 Å². The van der Waals surface area contributed by atoms with Crippen LogP contribution in [0.1, 0.15) is 24.3 Å². The van der Waals surface area contributed by atoms with Crippen LogP contribution in [-0.4, -0.2) is 23.9 Å². The Kier molecular flexibility index (Phi) is 2.90. The van der Waals surface area contributed by atoms with Gasteiger partial charge in [-0.3, -0.25) is 5.41 Å². The Labute approximate surface area is 90.4 Å². The average molecular weight is 203 g/mol. The first-order valence-corrected chi connectivity index (χ1v) is 5.41. The summed E-state index contributed by atoms with van der Waals surface area (Å²) in [6.07, 6.45) is 2.20. The van der Waals surface area contributed by atoms with Gasteiger partial charge in [-0.2, -0.15) is 0 Å². The number of nitrogens with zero attached hydrogens (tertiary/aromatic N) is 1. The summed E-state index contributed by atoms with van der Waals surface area (Å²) < 4.78 is 0. The lowest BCUT2D eigenvalue weighted by Crippen LogP contribution is -2.41. The van der Waals surface area contributed by atoms with E-state index in [1.54, 1.807) is 0 Å². The zero-order valence-electron chi connectivity index (χ0n) is 8.82. The molecule has 0 saturated carbocycles. The van der Waals surface area contributed by atoms with Crippen molar-refractivity contribution >= 4 is 5.96 Å². The zero-order valence-corrected chi connectivity index (χ0v) is 8.82. The molecule has 1 fully saturated rings. The molecule has 0 spiro atoms. The summed E-state index contributed by atoms with van der Waals surface area (Å²) >= 11 is 0. The average Bonchev–Trinajstić information content (AvgIpc) is 2.30. The maximum Gasteiger partial charge on any atom is 0.188 e. The van der Waals surface area contributed by atoms with Crippen molar-refractivity contribution < 1.29 is 0 Å². The molecular weight excluding hydrogens is 186 g/mol. The van der Waals surface area contributed by atoms with E-state index in [-0.39, 0.29) is 5.96 Å². The molecule has 1 heterocycles. The van der Waals surface area contributed by atoms with Crippen molar-refractivity contribution in [3.05, 3.63) is 35.9 Å². The summed E-state index contributed by atoms with van der Waals surface area (Å²) in [5.41, 5.74) is 6.88. The van der Waals surface area contributed by atoms with Crippen molar-refractivity contribution in [2.24, 2.45) is 5.73 Å². The molecule has 80 valence electrons. The van der Waals surface area contributed by atoms with Crippen LogP contribution in [0.4, 0.5) is 0 Å². The highest BCUT2D eigenvalue weighted by Gasteiger charge is 2.20. The van der Waals surface area contributed by atoms with Gasteiger partial charge in [0.05, 0.1) is 0 Å². The number of nitrogens with two attached hydrogens (primary N) is 1. The van der Waals surface area contributed by atoms with Gasteiger partial charge in [0.1, 0.15) is 0 Å². The van der Waals surface area contributed by atoms with Crippen LogP contribution in [0.5, 0.6) is 0 Å². The first-order valence-electron chi connectivity index (χ1n) is 5.41. The van der Waals surface area contributed by atoms with Gasteiger partial charge < -0.3 is 10.6 Å². The second-order valence-electron chi connectivity index (χ2n) is 4.06. The van der Waals surface area contributed by atoms with Gasteiger partial charge in [-0.05, 0) is 24.3 Å². The van der Waals surface area contributed by atoms with E-state index in [9.17, 15) is 0 Å². The Balaban J connectivity index is 1.97. The van der Waals surface area contributed by atoms with Gasteiger partial charge >= 0.3 is 0 Å². The fraction of sp³-hybridized carbons (Fsp3) is 0.417. The SMILES string of the molecule is N=C(N)N1CCC(c2ccccc2)CC1. The van der Waals surface area contributed by atoms with Gasteiger partial charge in [-0.1, -0.05) is 30.3 Å². The number of benzene rings is 1. The van der Waals surface area contributed by atoms with Gasteiger partial charge in [0.25, 0.3) is 0 Å². The third-order valence-corrected chi connectivity index (χ3v) is 3.11. The topological polar surface area (TPSA) is 53.1 Å². The zero-order chi connectivity index (χ0) is 10.7. The smallest absolute Gasteiger partial charge is 0.188 e. The van der Waals surface area contributed by atoms with Crippen LogP contribution in [0.15, 0.2) is 30.3 Å². The van der Waals surface area contributed by atoms with Crippen molar-refractivity contribution in [3.63, 3.8) is 0 Å². The molecule has 3 N–H and O–H groups in total. The molecule has 1 aliphatic heterocycles. The molecule has 0 aromatic heterocycles. The first kappa shape index (κ1) is 10.0. The first-order chi connectivity index (χ1) is 7.27. The van der Waals surface area contributed by atoms with E-state index in [2.05, 4.69) is 24.3 Å². The fourth-order valence-electron chi connectivity index (χ4n) is 2.18. The molecule has 0 radical (unpaired) electrons. The lowest BCUT2D eigenvalue weighted by atomic mass is 9.90. The minimum atomic E-state index is 0.210. The van der Waals surface area contributed by atoms with Gasteiger partial charge in [0.15, 0.2) is 5.96 Å². The molecule has 0 atom stereocenters. The molecule has 0 aliphatic carbocycles. The lowest BCUT2D eigenvalue weighted by Gasteiger charge is -2.32. The lowest BCUT2D eigenvalue weighted by molar-refractivity contribution is 0.309. The maximum atomic E-state index is 7.36. The Morgan fingerprint density at radius 2 is 1.80 bits per heavy atom. The Bertz CT molecular complexity index is 326. The van der Waals surface area contributed by atoms with Crippen LogP contribution in [0.3, 0.4) is 0 Å². The van der Waals surface area contributed by atoms with Gasteiger partial charge in [-0.15, -0.1) is 0 Å². The molecule has 3 nitrogen and oxygen atoms in total. The quantitative estimate of drug-likeness (QED) is 0.540. The summed E-state index contributed by atoms with van der Waals surface area (Å²) in [6, 6.07) is 10.6. The Morgan fingerprint density at radius 3 is 2.33 bits per heavy atom. The van der Waals surface area contributed by atoms with Crippen LogP contribution < -0.4 is 5.73 Å². The van der Waals surface area contributed by atoms with Crippen molar-refractivity contribution in [2.75, 3.05) is 13.1 Å². The molecule has 2 rings (SSSR count). The number of nitrogens with one attached hydrogen (secondary N) is 1. The second kappa shape index (κ2) is 4.34. The van der Waals surface area contributed by atoms with Crippen molar-refractivity contribution in [1.29, 1.82) is 5.41 Å². The summed E-state index contributed by atoms with van der Waals surface area (Å²) in [7, 11) is 0. The molecule has 1 saturated heterocycles. The molecule has 1 aromatic carbocycles. The number of likely N-dealkylation sites (tertiary alicyclic amines) is 1. The predicted octanol–water partition coefficient (Wildman–Crippen LogP) is 1.76. The van der Waals surface area contributed by atoms with E-state index in [1.807, 2.05) is 11.0 Å². The van der Waals surface area contributed by atoms with E-state index in [4.69, 9.17) is 11.1 Å². The van der Waals surface area contributed by atoms with Crippen LogP contribution >= 0.6 is 0 Å². The second-order valence-corrected chi connectivity index (χ2v) is 4.06. The predicted molar refractivity (Wildman–Crippen MR) is 61.9 cm³/mol. The molecule has 0 unspecified atom stereocenters. The maximum absolute atomic E-state index is 7.36. The van der Waals surface area contributed by atoms with Gasteiger partial charge in [0.2, 0.25) is 0 Å². The van der Waals surface area contributed by atoms with Crippen molar-refractivity contribution in [2.45, 2.75) is 18.8 Å². The van der Waals surface area contributed by atoms with E-state index in [0.717, 1.165) is 25.9 Å². The molecule has 1 aromatic rings. The molecule has 0 bridgehead atoms. The largest absolute Gasteiger partial charge is 0.370 e. The third kappa shape index (κ3) is 2.29. The minimum absolute atomic E-state index is 0.210. The van der Waals surface area contributed by atoms with Gasteiger partial charge in [0, 0.05) is 13.1 Å². The third-order valence-electron chi connectivity index (χ3n) is 3.11. The van der Waals surface area contributed by atoms with Gasteiger partial charge in [-0.25, -0.2) is 0 Å². The summed E-state index contributed by atoms with van der Waals surface area (Å²) in [4.78, 5) is 1.94. The van der Waals surface area contributed by atoms with Crippen LogP contribution in [0, 0.1) is 5.41 Å². The van der Waals surface area contributed by atoms with Crippen LogP contribution in [0.25, 0.3) is 0 Å². The Hall–Kier alpha value is -1.51. The number of hydrogen-bond donors (Lipinski definition) is 2.